The minimum atomic E-state index is -0.209. The van der Waals surface area contributed by atoms with Gasteiger partial charge in [-0.05, 0) is 91.9 Å². The van der Waals surface area contributed by atoms with Crippen LogP contribution in [0.15, 0.2) is 71.8 Å². The first-order valence-corrected chi connectivity index (χ1v) is 14.0. The summed E-state index contributed by atoms with van der Waals surface area (Å²) in [6.45, 7) is 4.69. The van der Waals surface area contributed by atoms with Crippen molar-refractivity contribution in [3.05, 3.63) is 89.3 Å². The highest BCUT2D eigenvalue weighted by Gasteiger charge is 2.17. The Morgan fingerprint density at radius 2 is 1.84 bits per heavy atom. The summed E-state index contributed by atoms with van der Waals surface area (Å²) in [5, 5.41) is 5.06. The first-order valence-electron chi connectivity index (χ1n) is 11.6. The second-order valence-electron chi connectivity index (χ2n) is 8.59. The molecule has 0 saturated heterocycles. The second-order valence-corrected chi connectivity index (χ2v) is 11.2. The van der Waals surface area contributed by atoms with Crippen molar-refractivity contribution in [3.8, 4) is 17.2 Å². The zero-order valence-corrected chi connectivity index (χ0v) is 24.8. The fourth-order valence-electron chi connectivity index (χ4n) is 3.88. The predicted molar refractivity (Wildman–Crippen MR) is 154 cm³/mol. The van der Waals surface area contributed by atoms with Crippen LogP contribution in [0.4, 0.5) is 0 Å². The number of rotatable bonds is 7. The molecule has 0 spiro atoms. The van der Waals surface area contributed by atoms with Gasteiger partial charge in [0.1, 0.15) is 18.2 Å². The maximum atomic E-state index is 13.4. The minimum Gasteiger partial charge on any atom is -0.487 e. The van der Waals surface area contributed by atoms with Crippen LogP contribution in [0.2, 0.25) is 0 Å². The average Bonchev–Trinajstić information content (AvgIpc) is 3.35. The van der Waals surface area contributed by atoms with E-state index in [2.05, 4.69) is 59.8 Å². The standard InChI is InChI=1S/C27H22Br3N3O4/c1-3-15(2)26-32-22-6-5-18(28)11-19(22)27(34)33(26)31-12-17-8-20(29)25(21(30)9-17)35-13-16-4-7-23-24(10-16)37-14-36-23/h4-12,15H,3,13-14H2,1-2H3/t15-/m1/s1. The van der Waals surface area contributed by atoms with Crippen molar-refractivity contribution >= 4 is 64.9 Å². The Labute approximate surface area is 238 Å². The first kappa shape index (κ1) is 25.9. The van der Waals surface area contributed by atoms with Crippen LogP contribution in [0.3, 0.4) is 0 Å². The van der Waals surface area contributed by atoms with Crippen molar-refractivity contribution in [2.45, 2.75) is 32.8 Å². The molecule has 190 valence electrons. The van der Waals surface area contributed by atoms with E-state index in [1.54, 1.807) is 12.3 Å². The average molecular weight is 692 g/mol. The molecule has 0 radical (unpaired) electrons. The second kappa shape index (κ2) is 11.0. The fraction of sp³-hybridized carbons (Fsp3) is 0.222. The number of nitrogens with zero attached hydrogens (tertiary/aromatic N) is 3. The quantitative estimate of drug-likeness (QED) is 0.189. The Bertz CT molecular complexity index is 1560. The zero-order chi connectivity index (χ0) is 26.1. The van der Waals surface area contributed by atoms with E-state index in [4.69, 9.17) is 19.2 Å². The van der Waals surface area contributed by atoms with Crippen LogP contribution in [0.25, 0.3) is 10.9 Å². The number of hydrogen-bond acceptors (Lipinski definition) is 6. The molecule has 0 saturated carbocycles. The van der Waals surface area contributed by atoms with Gasteiger partial charge in [-0.15, -0.1) is 0 Å². The lowest BCUT2D eigenvalue weighted by Crippen LogP contribution is -2.23. The van der Waals surface area contributed by atoms with Gasteiger partial charge in [0.25, 0.3) is 5.56 Å². The van der Waals surface area contributed by atoms with Crippen LogP contribution in [0, 0.1) is 0 Å². The largest absolute Gasteiger partial charge is 0.487 e. The Hall–Kier alpha value is -2.69. The fourth-order valence-corrected chi connectivity index (χ4v) is 5.69. The Morgan fingerprint density at radius 1 is 1.08 bits per heavy atom. The van der Waals surface area contributed by atoms with Crippen molar-refractivity contribution < 1.29 is 14.2 Å². The van der Waals surface area contributed by atoms with Gasteiger partial charge in [-0.25, -0.2) is 4.98 Å². The monoisotopic (exact) mass is 689 g/mol. The number of halogens is 3. The van der Waals surface area contributed by atoms with E-state index in [0.717, 1.165) is 36.7 Å². The third-order valence-corrected chi connectivity index (χ3v) is 7.72. The molecule has 0 unspecified atom stereocenters. The van der Waals surface area contributed by atoms with E-state index >= 15 is 0 Å². The van der Waals surface area contributed by atoms with Crippen LogP contribution in [-0.2, 0) is 6.61 Å². The molecule has 1 aromatic heterocycles. The van der Waals surface area contributed by atoms with Crippen molar-refractivity contribution in [3.63, 3.8) is 0 Å². The van der Waals surface area contributed by atoms with Crippen molar-refractivity contribution in [1.82, 2.24) is 9.66 Å². The molecule has 10 heteroatoms. The molecule has 37 heavy (non-hydrogen) atoms. The molecule has 0 bridgehead atoms. The normalized spacial score (nSPS) is 13.4. The number of benzene rings is 3. The van der Waals surface area contributed by atoms with Gasteiger partial charge in [-0.2, -0.15) is 9.78 Å². The van der Waals surface area contributed by atoms with Crippen LogP contribution < -0.4 is 19.8 Å². The third-order valence-electron chi connectivity index (χ3n) is 6.05. The van der Waals surface area contributed by atoms with E-state index in [1.807, 2.05) is 49.4 Å². The van der Waals surface area contributed by atoms with E-state index in [1.165, 1.54) is 4.68 Å². The molecule has 2 heterocycles. The van der Waals surface area contributed by atoms with Gasteiger partial charge in [0, 0.05) is 10.4 Å². The maximum Gasteiger partial charge on any atom is 0.282 e. The van der Waals surface area contributed by atoms with Gasteiger partial charge in [-0.3, -0.25) is 4.79 Å². The number of ether oxygens (including phenoxy) is 3. The molecule has 0 aliphatic carbocycles. The SMILES string of the molecule is CC[C@@H](C)c1nc2ccc(Br)cc2c(=O)n1N=Cc1cc(Br)c(OCc2ccc3c(c2)OCO3)c(Br)c1. The molecular formula is C27H22Br3N3O4. The molecule has 0 amide bonds. The summed E-state index contributed by atoms with van der Waals surface area (Å²) in [5.41, 5.74) is 2.19. The number of fused-ring (bicyclic) bond motifs is 2. The van der Waals surface area contributed by atoms with E-state index < -0.39 is 0 Å². The number of hydrogen-bond donors (Lipinski definition) is 0. The first-order chi connectivity index (χ1) is 17.8. The Balaban J connectivity index is 1.43. The lowest BCUT2D eigenvalue weighted by atomic mass is 10.1. The van der Waals surface area contributed by atoms with Gasteiger partial charge in [0.15, 0.2) is 11.5 Å². The number of aromatic nitrogens is 2. The summed E-state index contributed by atoms with van der Waals surface area (Å²) in [6, 6.07) is 15.0. The van der Waals surface area contributed by atoms with E-state index in [-0.39, 0.29) is 18.3 Å². The predicted octanol–water partition coefficient (Wildman–Crippen LogP) is 7.39. The summed E-state index contributed by atoms with van der Waals surface area (Å²) in [5.74, 6) is 2.79. The molecule has 3 aromatic carbocycles. The van der Waals surface area contributed by atoms with Gasteiger partial charge < -0.3 is 14.2 Å². The van der Waals surface area contributed by atoms with E-state index in [0.29, 0.717) is 34.8 Å². The van der Waals surface area contributed by atoms with Crippen LogP contribution in [0.1, 0.15) is 43.1 Å². The van der Waals surface area contributed by atoms with Crippen LogP contribution in [0.5, 0.6) is 17.2 Å². The van der Waals surface area contributed by atoms with Gasteiger partial charge >= 0.3 is 0 Å². The topological polar surface area (TPSA) is 74.9 Å². The molecular weight excluding hydrogens is 670 g/mol. The summed E-state index contributed by atoms with van der Waals surface area (Å²) < 4.78 is 20.6. The summed E-state index contributed by atoms with van der Waals surface area (Å²) >= 11 is 10.7. The van der Waals surface area contributed by atoms with Gasteiger partial charge in [-0.1, -0.05) is 35.8 Å². The van der Waals surface area contributed by atoms with Gasteiger partial charge in [0.2, 0.25) is 6.79 Å². The Kier molecular flexibility index (Phi) is 7.69. The molecule has 1 aliphatic heterocycles. The summed E-state index contributed by atoms with van der Waals surface area (Å²) in [4.78, 5) is 18.1. The van der Waals surface area contributed by atoms with E-state index in [9.17, 15) is 4.79 Å². The summed E-state index contributed by atoms with van der Waals surface area (Å²) in [7, 11) is 0. The van der Waals surface area contributed by atoms with Crippen molar-refractivity contribution in [2.75, 3.05) is 6.79 Å². The molecule has 0 fully saturated rings. The molecule has 4 aromatic rings. The highest BCUT2D eigenvalue weighted by atomic mass is 79.9. The van der Waals surface area contributed by atoms with Crippen molar-refractivity contribution in [1.29, 1.82) is 0 Å². The molecule has 5 rings (SSSR count). The highest BCUT2D eigenvalue weighted by Crippen LogP contribution is 2.36. The Morgan fingerprint density at radius 3 is 2.59 bits per heavy atom. The molecule has 0 N–H and O–H groups in total. The molecule has 7 nitrogen and oxygen atoms in total. The maximum absolute atomic E-state index is 13.4. The van der Waals surface area contributed by atoms with Gasteiger partial charge in [0.05, 0.1) is 26.1 Å². The van der Waals surface area contributed by atoms with Crippen molar-refractivity contribution in [2.24, 2.45) is 5.10 Å². The van der Waals surface area contributed by atoms with Crippen LogP contribution >= 0.6 is 47.8 Å². The van der Waals surface area contributed by atoms with Crippen LogP contribution in [-0.4, -0.2) is 22.7 Å². The summed E-state index contributed by atoms with van der Waals surface area (Å²) in [6.07, 6.45) is 2.48. The lowest BCUT2D eigenvalue weighted by molar-refractivity contribution is 0.174. The highest BCUT2D eigenvalue weighted by molar-refractivity contribution is 9.11. The molecule has 1 aliphatic rings. The smallest absolute Gasteiger partial charge is 0.282 e. The third kappa shape index (κ3) is 5.46. The molecule has 1 atom stereocenters. The lowest BCUT2D eigenvalue weighted by Gasteiger charge is -2.14. The minimum absolute atomic E-state index is 0.0586. The zero-order valence-electron chi connectivity index (χ0n) is 20.0.